The molecule has 0 spiro atoms. The highest BCUT2D eigenvalue weighted by molar-refractivity contribution is 9.10. The number of unbranched alkanes of at least 4 members (excludes halogenated alkanes) is 1. The van der Waals surface area contributed by atoms with Crippen molar-refractivity contribution >= 4 is 55.1 Å². The highest BCUT2D eigenvalue weighted by Crippen LogP contribution is 2.37. The zero-order chi connectivity index (χ0) is 31.1. The maximum atomic E-state index is 13.9. The lowest BCUT2D eigenvalue weighted by atomic mass is 10.1. The van der Waals surface area contributed by atoms with Crippen molar-refractivity contribution in [1.82, 2.24) is 10.2 Å². The van der Waals surface area contributed by atoms with Crippen molar-refractivity contribution in [2.45, 2.75) is 50.3 Å². The van der Waals surface area contributed by atoms with E-state index in [4.69, 9.17) is 11.6 Å². The summed E-state index contributed by atoms with van der Waals surface area (Å²) in [6.45, 7) is 2.87. The van der Waals surface area contributed by atoms with Gasteiger partial charge < -0.3 is 10.2 Å². The Kier molecular flexibility index (Phi) is 11.4. The maximum Gasteiger partial charge on any atom is 0.416 e. The fraction of sp³-hybridized carbons (Fsp3) is 0.310. The van der Waals surface area contributed by atoms with E-state index in [0.29, 0.717) is 22.5 Å². The Morgan fingerprint density at radius 1 is 1.02 bits per heavy atom. The molecule has 1 atom stereocenters. The minimum atomic E-state index is -4.80. The van der Waals surface area contributed by atoms with Gasteiger partial charge in [0.2, 0.25) is 11.8 Å². The molecule has 7 nitrogen and oxygen atoms in total. The summed E-state index contributed by atoms with van der Waals surface area (Å²) in [5.74, 6) is -1.27. The zero-order valence-electron chi connectivity index (χ0n) is 22.9. The van der Waals surface area contributed by atoms with Crippen LogP contribution in [0.4, 0.5) is 18.9 Å². The van der Waals surface area contributed by atoms with Crippen molar-refractivity contribution in [3.8, 4) is 0 Å². The summed E-state index contributed by atoms with van der Waals surface area (Å²) < 4.78 is 69.9. The van der Waals surface area contributed by atoms with Crippen molar-refractivity contribution in [2.75, 3.05) is 17.4 Å². The smallest absolute Gasteiger partial charge is 0.354 e. The van der Waals surface area contributed by atoms with Gasteiger partial charge in [-0.05, 0) is 61.4 Å². The third-order valence-corrected chi connectivity index (χ3v) is 9.04. The van der Waals surface area contributed by atoms with Gasteiger partial charge in [-0.2, -0.15) is 13.2 Å². The number of nitrogens with one attached hydrogen (secondary N) is 1. The summed E-state index contributed by atoms with van der Waals surface area (Å²) in [6.07, 6.45) is -3.25. The first-order valence-corrected chi connectivity index (χ1v) is 15.6. The topological polar surface area (TPSA) is 86.8 Å². The van der Waals surface area contributed by atoms with E-state index < -0.39 is 51.9 Å². The molecule has 0 aliphatic carbocycles. The number of sulfonamides is 1. The third kappa shape index (κ3) is 8.48. The molecule has 0 fully saturated rings. The number of hydrogen-bond acceptors (Lipinski definition) is 4. The van der Waals surface area contributed by atoms with E-state index >= 15 is 0 Å². The minimum absolute atomic E-state index is 0.0655. The lowest BCUT2D eigenvalue weighted by molar-refractivity contribution is -0.139. The largest absolute Gasteiger partial charge is 0.416 e. The highest BCUT2D eigenvalue weighted by Gasteiger charge is 2.36. The number of amides is 2. The van der Waals surface area contributed by atoms with Gasteiger partial charge in [-0.1, -0.05) is 71.2 Å². The molecule has 0 aliphatic rings. The van der Waals surface area contributed by atoms with Crippen molar-refractivity contribution in [3.05, 3.63) is 93.4 Å². The van der Waals surface area contributed by atoms with Crippen molar-refractivity contribution in [2.24, 2.45) is 0 Å². The first kappa shape index (κ1) is 33.4. The molecule has 0 bridgehead atoms. The minimum Gasteiger partial charge on any atom is -0.354 e. The molecule has 0 heterocycles. The van der Waals surface area contributed by atoms with E-state index in [1.54, 1.807) is 30.3 Å². The van der Waals surface area contributed by atoms with Gasteiger partial charge in [-0.3, -0.25) is 13.9 Å². The van der Waals surface area contributed by atoms with Crippen molar-refractivity contribution < 1.29 is 31.2 Å². The van der Waals surface area contributed by atoms with Crippen molar-refractivity contribution in [1.29, 1.82) is 0 Å². The molecule has 2 amide bonds. The van der Waals surface area contributed by atoms with E-state index in [1.807, 2.05) is 6.92 Å². The van der Waals surface area contributed by atoms with Crippen LogP contribution >= 0.6 is 27.5 Å². The number of carbonyl (C=O) groups excluding carboxylic acids is 2. The van der Waals surface area contributed by atoms with Crippen LogP contribution in [0.2, 0.25) is 5.02 Å². The molecule has 0 saturated carbocycles. The van der Waals surface area contributed by atoms with Crippen LogP contribution in [0.5, 0.6) is 0 Å². The zero-order valence-corrected chi connectivity index (χ0v) is 26.0. The van der Waals surface area contributed by atoms with E-state index in [2.05, 4.69) is 21.2 Å². The summed E-state index contributed by atoms with van der Waals surface area (Å²) in [7, 11) is -4.58. The number of alkyl halides is 3. The molecule has 3 aromatic rings. The van der Waals surface area contributed by atoms with Crippen LogP contribution in [0, 0.1) is 0 Å². The number of hydrogen-bond donors (Lipinski definition) is 1. The van der Waals surface area contributed by atoms with Gasteiger partial charge in [0.05, 0.1) is 21.2 Å². The third-order valence-electron chi connectivity index (χ3n) is 6.42. The van der Waals surface area contributed by atoms with E-state index in [-0.39, 0.29) is 16.5 Å². The van der Waals surface area contributed by atoms with Crippen LogP contribution in [-0.4, -0.2) is 44.3 Å². The second kappa shape index (κ2) is 14.4. The Morgan fingerprint density at radius 3 is 2.26 bits per heavy atom. The first-order chi connectivity index (χ1) is 19.8. The SMILES string of the molecule is CCCCNC(=O)[C@H](C)N(Cc1ccc(Br)cc1)C(=O)CN(c1cc(C(F)(F)F)ccc1Cl)S(=O)(=O)c1ccccc1. The standard InChI is InChI=1S/C29H30BrClF3N3O4S/c1-3-4-16-35-28(39)20(2)36(18-21-10-13-23(30)14-11-21)27(38)19-37(42(40,41)24-8-6-5-7-9-24)26-17-22(29(32,33)34)12-15-25(26)31/h5-15,17,20H,3-4,16,18-19H2,1-2H3,(H,35,39)/t20-/m0/s1. The molecule has 13 heteroatoms. The average Bonchev–Trinajstić information content (AvgIpc) is 2.95. The van der Waals surface area contributed by atoms with Crippen molar-refractivity contribution in [3.63, 3.8) is 0 Å². The van der Waals surface area contributed by atoms with Gasteiger partial charge >= 0.3 is 6.18 Å². The highest BCUT2D eigenvalue weighted by atomic mass is 79.9. The van der Waals surface area contributed by atoms with Crippen LogP contribution in [0.25, 0.3) is 0 Å². The average molecular weight is 689 g/mol. The molecule has 3 rings (SSSR count). The molecule has 0 radical (unpaired) electrons. The molecule has 3 aromatic carbocycles. The second-order valence-electron chi connectivity index (χ2n) is 9.46. The molecule has 0 saturated heterocycles. The van der Waals surface area contributed by atoms with Gasteiger partial charge in [0.25, 0.3) is 10.0 Å². The predicted octanol–water partition coefficient (Wildman–Crippen LogP) is 6.65. The Morgan fingerprint density at radius 2 is 1.67 bits per heavy atom. The number of halogens is 5. The van der Waals surface area contributed by atoms with Crippen LogP contribution < -0.4 is 9.62 Å². The van der Waals surface area contributed by atoms with E-state index in [0.717, 1.165) is 29.4 Å². The number of anilines is 1. The first-order valence-electron chi connectivity index (χ1n) is 13.0. The molecule has 0 unspecified atom stereocenters. The second-order valence-corrected chi connectivity index (χ2v) is 12.6. The Hall–Kier alpha value is -3.09. The summed E-state index contributed by atoms with van der Waals surface area (Å²) in [6, 6.07) is 15.2. The van der Waals surface area contributed by atoms with Gasteiger partial charge in [0, 0.05) is 17.6 Å². The number of benzene rings is 3. The normalized spacial score (nSPS) is 12.5. The van der Waals surface area contributed by atoms with Crippen LogP contribution in [0.15, 0.2) is 82.2 Å². The Bertz CT molecular complexity index is 1490. The molecular weight excluding hydrogens is 659 g/mol. The van der Waals surface area contributed by atoms with Gasteiger partial charge in [-0.15, -0.1) is 0 Å². The lowest BCUT2D eigenvalue weighted by Gasteiger charge is -2.32. The summed E-state index contributed by atoms with van der Waals surface area (Å²) in [4.78, 5) is 27.9. The predicted molar refractivity (Wildman–Crippen MR) is 159 cm³/mol. The summed E-state index contributed by atoms with van der Waals surface area (Å²) >= 11 is 9.61. The van der Waals surface area contributed by atoms with Crippen LogP contribution in [0.3, 0.4) is 0 Å². The quantitative estimate of drug-likeness (QED) is 0.216. The summed E-state index contributed by atoms with van der Waals surface area (Å²) in [5, 5.41) is 2.46. The molecule has 226 valence electrons. The molecule has 42 heavy (non-hydrogen) atoms. The molecule has 0 aliphatic heterocycles. The Balaban J connectivity index is 2.09. The van der Waals surface area contributed by atoms with Crippen LogP contribution in [0.1, 0.15) is 37.8 Å². The van der Waals surface area contributed by atoms with E-state index in [1.165, 1.54) is 36.1 Å². The van der Waals surface area contributed by atoms with E-state index in [9.17, 15) is 31.2 Å². The van der Waals surface area contributed by atoms with Crippen LogP contribution in [-0.2, 0) is 32.3 Å². The van der Waals surface area contributed by atoms with Gasteiger partial charge in [-0.25, -0.2) is 8.42 Å². The fourth-order valence-corrected chi connectivity index (χ4v) is 6.00. The summed E-state index contributed by atoms with van der Waals surface area (Å²) in [5.41, 5.74) is -1.01. The number of nitrogens with zero attached hydrogens (tertiary/aromatic N) is 2. The maximum absolute atomic E-state index is 13.9. The number of carbonyl (C=O) groups is 2. The monoisotopic (exact) mass is 687 g/mol. The Labute approximate surface area is 256 Å². The van der Waals surface area contributed by atoms with Gasteiger partial charge in [0.15, 0.2) is 0 Å². The lowest BCUT2D eigenvalue weighted by Crippen LogP contribution is -2.51. The molecule has 0 aromatic heterocycles. The molecular formula is C29H30BrClF3N3O4S. The number of rotatable bonds is 12. The van der Waals surface area contributed by atoms with Gasteiger partial charge in [0.1, 0.15) is 12.6 Å². The fourth-order valence-electron chi connectivity index (χ4n) is 4.02. The molecule has 1 N–H and O–H groups in total.